The molecule has 0 bridgehead atoms. The average Bonchev–Trinajstić information content (AvgIpc) is 3.08. The largest absolute Gasteiger partial charge is 0.332 e. The van der Waals surface area contributed by atoms with E-state index < -0.39 is 0 Å². The highest BCUT2D eigenvalue weighted by molar-refractivity contribution is 5.75. The Morgan fingerprint density at radius 3 is 3.04 bits per heavy atom. The number of carbonyl (C=O) groups excluding carboxylic acids is 1. The van der Waals surface area contributed by atoms with Gasteiger partial charge in [-0.2, -0.15) is 0 Å². The van der Waals surface area contributed by atoms with Crippen LogP contribution in [0.3, 0.4) is 0 Å². The molecule has 2 unspecified atom stereocenters. The Hall–Kier alpha value is -1.89. The first-order valence-electron chi connectivity index (χ1n) is 8.89. The first-order chi connectivity index (χ1) is 11.6. The second-order valence-electron chi connectivity index (χ2n) is 7.04. The number of aromatic nitrogens is 3. The van der Waals surface area contributed by atoms with E-state index >= 15 is 0 Å². The molecule has 3 heterocycles. The number of nitrogens with zero attached hydrogens (tertiary/aromatic N) is 5. The van der Waals surface area contributed by atoms with Crippen molar-refractivity contribution in [2.45, 2.75) is 38.8 Å². The maximum Gasteiger partial charge on any atom is 0.317 e. The van der Waals surface area contributed by atoms with Crippen LogP contribution in [0.5, 0.6) is 0 Å². The van der Waals surface area contributed by atoms with E-state index in [1.165, 1.54) is 5.57 Å². The predicted octanol–water partition coefficient (Wildman–Crippen LogP) is 1.35. The molecule has 1 saturated heterocycles. The van der Waals surface area contributed by atoms with Crippen molar-refractivity contribution in [3.8, 4) is 0 Å². The van der Waals surface area contributed by atoms with Gasteiger partial charge in [0.1, 0.15) is 0 Å². The second-order valence-corrected chi connectivity index (χ2v) is 7.04. The molecule has 132 valence electrons. The molecule has 3 rings (SSSR count). The van der Waals surface area contributed by atoms with Gasteiger partial charge in [-0.1, -0.05) is 11.3 Å². The summed E-state index contributed by atoms with van der Waals surface area (Å²) < 4.78 is 1.86. The lowest BCUT2D eigenvalue weighted by molar-refractivity contribution is 0.155. The van der Waals surface area contributed by atoms with Crippen molar-refractivity contribution >= 4 is 6.03 Å². The highest BCUT2D eigenvalue weighted by Crippen LogP contribution is 2.19. The van der Waals surface area contributed by atoms with Gasteiger partial charge in [0.05, 0.1) is 6.20 Å². The van der Waals surface area contributed by atoms with E-state index in [9.17, 15) is 4.79 Å². The number of piperidine rings is 1. The minimum absolute atomic E-state index is 0.0608. The van der Waals surface area contributed by atoms with Gasteiger partial charge >= 0.3 is 6.03 Å². The van der Waals surface area contributed by atoms with Crippen molar-refractivity contribution in [1.82, 2.24) is 30.1 Å². The molecule has 0 spiro atoms. The molecule has 0 radical (unpaired) electrons. The fourth-order valence-electron chi connectivity index (χ4n) is 3.54. The van der Waals surface area contributed by atoms with Crippen molar-refractivity contribution in [2.24, 2.45) is 5.92 Å². The highest BCUT2D eigenvalue weighted by atomic mass is 16.2. The predicted molar refractivity (Wildman–Crippen MR) is 92.5 cm³/mol. The SMILES string of the molecule is CC(NC(=O)N1CCCC(Cn2ccnn2)C1)C1=CCN(C)CC1. The number of rotatable bonds is 4. The standard InChI is InChI=1S/C17H28N6O/c1-14(16-5-9-21(2)10-6-16)19-17(24)22-8-3-4-15(12-22)13-23-11-7-18-20-23/h5,7,11,14-15H,3-4,6,8-10,12-13H2,1-2H3,(H,19,24). The number of nitrogens with one attached hydrogen (secondary N) is 1. The molecule has 7 heteroatoms. The smallest absolute Gasteiger partial charge is 0.317 e. The van der Waals surface area contributed by atoms with Gasteiger partial charge in [0.25, 0.3) is 0 Å². The van der Waals surface area contributed by atoms with Crippen LogP contribution in [0.15, 0.2) is 24.0 Å². The Balaban J connectivity index is 1.50. The molecule has 2 aliphatic rings. The summed E-state index contributed by atoms with van der Waals surface area (Å²) in [6.45, 7) is 6.59. The Morgan fingerprint density at radius 2 is 2.33 bits per heavy atom. The third kappa shape index (κ3) is 4.35. The zero-order valence-corrected chi connectivity index (χ0v) is 14.7. The van der Waals surface area contributed by atoms with Crippen LogP contribution in [0.2, 0.25) is 0 Å². The molecule has 0 aliphatic carbocycles. The van der Waals surface area contributed by atoms with E-state index in [0.717, 1.165) is 52.0 Å². The Kier molecular flexibility index (Phi) is 5.50. The van der Waals surface area contributed by atoms with Crippen LogP contribution < -0.4 is 5.32 Å². The monoisotopic (exact) mass is 332 g/mol. The van der Waals surface area contributed by atoms with Gasteiger partial charge in [-0.3, -0.25) is 4.68 Å². The third-order valence-corrected chi connectivity index (χ3v) is 5.07. The summed E-state index contributed by atoms with van der Waals surface area (Å²) in [6, 6.07) is 0.174. The number of urea groups is 1. The number of hydrogen-bond acceptors (Lipinski definition) is 4. The molecule has 7 nitrogen and oxygen atoms in total. The summed E-state index contributed by atoms with van der Waals surface area (Å²) >= 11 is 0. The zero-order chi connectivity index (χ0) is 16.9. The summed E-state index contributed by atoms with van der Waals surface area (Å²) in [6.07, 6.45) is 9.05. The summed E-state index contributed by atoms with van der Waals surface area (Å²) in [5, 5.41) is 11.1. The fraction of sp³-hybridized carbons (Fsp3) is 0.706. The zero-order valence-electron chi connectivity index (χ0n) is 14.7. The van der Waals surface area contributed by atoms with Crippen LogP contribution in [0, 0.1) is 5.92 Å². The second kappa shape index (κ2) is 7.79. The topological polar surface area (TPSA) is 66.3 Å². The molecule has 1 N–H and O–H groups in total. The van der Waals surface area contributed by atoms with Crippen molar-refractivity contribution in [3.63, 3.8) is 0 Å². The van der Waals surface area contributed by atoms with Gasteiger partial charge < -0.3 is 15.1 Å². The van der Waals surface area contributed by atoms with E-state index in [0.29, 0.717) is 5.92 Å². The third-order valence-electron chi connectivity index (χ3n) is 5.07. The normalized spacial score (nSPS) is 23.7. The lowest BCUT2D eigenvalue weighted by Gasteiger charge is -2.34. The van der Waals surface area contributed by atoms with Gasteiger partial charge in [-0.05, 0) is 44.7 Å². The lowest BCUT2D eigenvalue weighted by Crippen LogP contribution is -2.49. The quantitative estimate of drug-likeness (QED) is 0.845. The number of carbonyl (C=O) groups is 1. The Morgan fingerprint density at radius 1 is 1.46 bits per heavy atom. The van der Waals surface area contributed by atoms with E-state index in [2.05, 4.69) is 40.6 Å². The molecule has 1 aromatic rings. The van der Waals surface area contributed by atoms with Crippen molar-refractivity contribution in [2.75, 3.05) is 33.2 Å². The summed E-state index contributed by atoms with van der Waals surface area (Å²) in [5.74, 6) is 0.448. The summed E-state index contributed by atoms with van der Waals surface area (Å²) in [7, 11) is 2.12. The molecular formula is C17H28N6O. The maximum atomic E-state index is 12.6. The van der Waals surface area contributed by atoms with E-state index in [1.807, 2.05) is 15.8 Å². The van der Waals surface area contributed by atoms with E-state index in [1.54, 1.807) is 6.20 Å². The lowest BCUT2D eigenvalue weighted by atomic mass is 9.98. The van der Waals surface area contributed by atoms with Crippen LogP contribution in [0.25, 0.3) is 0 Å². The molecule has 2 amide bonds. The van der Waals surface area contributed by atoms with Gasteiger partial charge in [-0.25, -0.2) is 4.79 Å². The van der Waals surface area contributed by atoms with Crippen LogP contribution in [-0.4, -0.2) is 70.1 Å². The summed E-state index contributed by atoms with van der Waals surface area (Å²) in [5.41, 5.74) is 1.35. The molecular weight excluding hydrogens is 304 g/mol. The summed E-state index contributed by atoms with van der Waals surface area (Å²) in [4.78, 5) is 16.9. The average molecular weight is 332 g/mol. The van der Waals surface area contributed by atoms with Crippen molar-refractivity contribution in [1.29, 1.82) is 0 Å². The number of likely N-dealkylation sites (tertiary alicyclic amines) is 1. The van der Waals surface area contributed by atoms with Crippen LogP contribution >= 0.6 is 0 Å². The number of hydrogen-bond donors (Lipinski definition) is 1. The molecule has 2 atom stereocenters. The molecule has 0 aromatic carbocycles. The Labute approximate surface area is 143 Å². The first-order valence-corrected chi connectivity index (χ1v) is 8.89. The van der Waals surface area contributed by atoms with Crippen LogP contribution in [-0.2, 0) is 6.54 Å². The first kappa shape index (κ1) is 17.0. The van der Waals surface area contributed by atoms with Crippen molar-refractivity contribution < 1.29 is 4.79 Å². The molecule has 1 aromatic heterocycles. The highest BCUT2D eigenvalue weighted by Gasteiger charge is 2.25. The minimum Gasteiger partial charge on any atom is -0.332 e. The fourth-order valence-corrected chi connectivity index (χ4v) is 3.54. The molecule has 24 heavy (non-hydrogen) atoms. The van der Waals surface area contributed by atoms with Gasteiger partial charge in [0.15, 0.2) is 0 Å². The molecule has 2 aliphatic heterocycles. The Bertz CT molecular complexity index is 570. The van der Waals surface area contributed by atoms with Gasteiger partial charge in [-0.15, -0.1) is 5.10 Å². The number of likely N-dealkylation sites (N-methyl/N-ethyl adjacent to an activating group) is 1. The van der Waals surface area contributed by atoms with Gasteiger partial charge in [0, 0.05) is 45.0 Å². The van der Waals surface area contributed by atoms with Crippen LogP contribution in [0.4, 0.5) is 4.79 Å². The molecule has 0 saturated carbocycles. The minimum atomic E-state index is 0.0608. The van der Waals surface area contributed by atoms with E-state index in [4.69, 9.17) is 0 Å². The van der Waals surface area contributed by atoms with Crippen LogP contribution in [0.1, 0.15) is 26.2 Å². The molecule has 1 fully saturated rings. The maximum absolute atomic E-state index is 12.6. The van der Waals surface area contributed by atoms with E-state index in [-0.39, 0.29) is 12.1 Å². The number of amides is 2. The van der Waals surface area contributed by atoms with Gasteiger partial charge in [0.2, 0.25) is 0 Å². The van der Waals surface area contributed by atoms with Crippen molar-refractivity contribution in [3.05, 3.63) is 24.0 Å².